The zero-order chi connectivity index (χ0) is 18.8. The second kappa shape index (κ2) is 8.02. The second-order valence-electron chi connectivity index (χ2n) is 6.64. The van der Waals surface area contributed by atoms with Gasteiger partial charge in [-0.25, -0.2) is 4.98 Å². The average Bonchev–Trinajstić information content (AvgIpc) is 2.97. The minimum atomic E-state index is 0.00403. The molecule has 0 N–H and O–H groups in total. The van der Waals surface area contributed by atoms with Gasteiger partial charge in [0.15, 0.2) is 5.13 Å². The summed E-state index contributed by atoms with van der Waals surface area (Å²) in [4.78, 5) is 21.9. The zero-order valence-electron chi connectivity index (χ0n) is 15.4. The molecule has 1 amide bonds. The van der Waals surface area contributed by atoms with E-state index in [2.05, 4.69) is 53.5 Å². The van der Waals surface area contributed by atoms with Crippen LogP contribution >= 0.6 is 33.9 Å². The Bertz CT molecular complexity index is 912. The molecule has 6 heteroatoms. The van der Waals surface area contributed by atoms with E-state index in [1.54, 1.807) is 11.3 Å². The van der Waals surface area contributed by atoms with Gasteiger partial charge in [-0.1, -0.05) is 23.5 Å². The van der Waals surface area contributed by atoms with Crippen molar-refractivity contribution in [3.63, 3.8) is 0 Å². The lowest BCUT2D eigenvalue weighted by atomic mass is 10.1. The number of aromatic nitrogens is 1. The lowest BCUT2D eigenvalue weighted by Crippen LogP contribution is -2.37. The molecule has 0 saturated carbocycles. The summed E-state index contributed by atoms with van der Waals surface area (Å²) < 4.78 is 2.08. The van der Waals surface area contributed by atoms with Gasteiger partial charge in [0, 0.05) is 16.7 Å². The van der Waals surface area contributed by atoms with Gasteiger partial charge in [0.2, 0.25) is 0 Å². The van der Waals surface area contributed by atoms with Crippen LogP contribution in [0.5, 0.6) is 0 Å². The molecule has 2 aromatic carbocycles. The number of aryl methyl sites for hydroxylation is 2. The molecular weight excluding hydrogens is 457 g/mol. The molecule has 0 bridgehead atoms. The van der Waals surface area contributed by atoms with Crippen molar-refractivity contribution in [3.05, 3.63) is 56.7 Å². The van der Waals surface area contributed by atoms with Crippen molar-refractivity contribution < 1.29 is 4.79 Å². The van der Waals surface area contributed by atoms with E-state index < -0.39 is 0 Å². The van der Waals surface area contributed by atoms with Crippen LogP contribution in [-0.2, 0) is 0 Å². The van der Waals surface area contributed by atoms with Crippen molar-refractivity contribution >= 4 is 55.2 Å². The first-order chi connectivity index (χ1) is 12.4. The van der Waals surface area contributed by atoms with E-state index in [1.807, 2.05) is 43.3 Å². The summed E-state index contributed by atoms with van der Waals surface area (Å²) in [5.41, 5.74) is 4.14. The van der Waals surface area contributed by atoms with Gasteiger partial charge in [-0.05, 0) is 85.9 Å². The Labute approximate surface area is 172 Å². The smallest absolute Gasteiger partial charge is 0.261 e. The van der Waals surface area contributed by atoms with E-state index in [-0.39, 0.29) is 5.91 Å². The van der Waals surface area contributed by atoms with Gasteiger partial charge < -0.3 is 4.90 Å². The standard InChI is InChI=1S/C20H22IN3OS/c1-13-11-17-18(12-14(13)2)26-20(22-17)24(10-9-23(3)4)19(25)15-7-5-6-8-16(15)21/h5-8,11-12H,9-10H2,1-4H3. The Morgan fingerprint density at radius 1 is 1.12 bits per heavy atom. The quantitative estimate of drug-likeness (QED) is 0.497. The molecule has 3 rings (SSSR count). The van der Waals surface area contributed by atoms with E-state index in [9.17, 15) is 4.79 Å². The Kier molecular flexibility index (Phi) is 5.94. The zero-order valence-corrected chi connectivity index (χ0v) is 18.4. The minimum absolute atomic E-state index is 0.00403. The van der Waals surface area contributed by atoms with E-state index in [1.165, 1.54) is 11.1 Å². The predicted octanol–water partition coefficient (Wildman–Crippen LogP) is 4.73. The first-order valence-corrected chi connectivity index (χ1v) is 10.3. The van der Waals surface area contributed by atoms with Crippen molar-refractivity contribution in [2.75, 3.05) is 32.1 Å². The summed E-state index contributed by atoms with van der Waals surface area (Å²) in [6.45, 7) is 5.59. The molecule has 0 aliphatic heterocycles. The molecule has 0 radical (unpaired) electrons. The highest BCUT2D eigenvalue weighted by atomic mass is 127. The van der Waals surface area contributed by atoms with Crippen LogP contribution in [0.1, 0.15) is 21.5 Å². The fraction of sp³-hybridized carbons (Fsp3) is 0.300. The van der Waals surface area contributed by atoms with Crippen LogP contribution in [0.15, 0.2) is 36.4 Å². The van der Waals surface area contributed by atoms with Crippen LogP contribution in [0, 0.1) is 17.4 Å². The van der Waals surface area contributed by atoms with E-state index >= 15 is 0 Å². The first kappa shape index (κ1) is 19.3. The van der Waals surface area contributed by atoms with E-state index in [0.717, 1.165) is 31.0 Å². The van der Waals surface area contributed by atoms with Gasteiger partial charge in [0.25, 0.3) is 5.91 Å². The fourth-order valence-electron chi connectivity index (χ4n) is 2.65. The van der Waals surface area contributed by atoms with Crippen LogP contribution in [0.3, 0.4) is 0 Å². The van der Waals surface area contributed by atoms with E-state index in [0.29, 0.717) is 6.54 Å². The second-order valence-corrected chi connectivity index (χ2v) is 8.81. The third-order valence-corrected chi connectivity index (χ3v) is 6.33. The normalized spacial score (nSPS) is 11.3. The summed E-state index contributed by atoms with van der Waals surface area (Å²) in [7, 11) is 4.03. The highest BCUT2D eigenvalue weighted by Gasteiger charge is 2.23. The van der Waals surface area contributed by atoms with Crippen LogP contribution in [-0.4, -0.2) is 43.0 Å². The number of carbonyl (C=O) groups excluding carboxylic acids is 1. The third kappa shape index (κ3) is 4.07. The maximum atomic E-state index is 13.3. The summed E-state index contributed by atoms with van der Waals surface area (Å²) in [6, 6.07) is 12.0. The number of hydrogen-bond donors (Lipinski definition) is 0. The molecule has 1 heterocycles. The summed E-state index contributed by atoms with van der Waals surface area (Å²) in [5.74, 6) is 0.00403. The molecule has 0 aliphatic rings. The Hall–Kier alpha value is -1.51. The Morgan fingerprint density at radius 2 is 1.81 bits per heavy atom. The van der Waals surface area contributed by atoms with Gasteiger partial charge >= 0.3 is 0 Å². The fourth-order valence-corrected chi connectivity index (χ4v) is 4.34. The lowest BCUT2D eigenvalue weighted by molar-refractivity contribution is 0.0984. The summed E-state index contributed by atoms with van der Waals surface area (Å²) in [6.07, 6.45) is 0. The topological polar surface area (TPSA) is 36.4 Å². The van der Waals surface area contributed by atoms with Crippen LogP contribution in [0.2, 0.25) is 0 Å². The van der Waals surface area contributed by atoms with Crippen LogP contribution < -0.4 is 4.90 Å². The number of benzene rings is 2. The summed E-state index contributed by atoms with van der Waals surface area (Å²) in [5, 5.41) is 0.761. The number of rotatable bonds is 5. The maximum Gasteiger partial charge on any atom is 0.261 e. The number of halogens is 1. The summed E-state index contributed by atoms with van der Waals surface area (Å²) >= 11 is 3.80. The van der Waals surface area contributed by atoms with Gasteiger partial charge in [-0.15, -0.1) is 0 Å². The Morgan fingerprint density at radius 3 is 2.50 bits per heavy atom. The average molecular weight is 479 g/mol. The van der Waals surface area contributed by atoms with E-state index in [4.69, 9.17) is 4.98 Å². The van der Waals surface area contributed by atoms with Crippen molar-refractivity contribution in [2.24, 2.45) is 0 Å². The molecule has 0 saturated heterocycles. The molecule has 0 aliphatic carbocycles. The van der Waals surface area contributed by atoms with Crippen LogP contribution in [0.25, 0.3) is 10.2 Å². The number of thiazole rings is 1. The number of anilines is 1. The molecular formula is C20H22IN3OS. The molecule has 136 valence electrons. The van der Waals surface area contributed by atoms with Crippen LogP contribution in [0.4, 0.5) is 5.13 Å². The number of hydrogen-bond acceptors (Lipinski definition) is 4. The predicted molar refractivity (Wildman–Crippen MR) is 118 cm³/mol. The number of fused-ring (bicyclic) bond motifs is 1. The van der Waals surface area contributed by atoms with Crippen molar-refractivity contribution in [2.45, 2.75) is 13.8 Å². The van der Waals surface area contributed by atoms with Crippen molar-refractivity contribution in [1.29, 1.82) is 0 Å². The number of amides is 1. The molecule has 1 aromatic heterocycles. The molecule has 0 spiro atoms. The molecule has 26 heavy (non-hydrogen) atoms. The van der Waals surface area contributed by atoms with Gasteiger partial charge in [0.05, 0.1) is 15.8 Å². The van der Waals surface area contributed by atoms with Gasteiger partial charge in [-0.2, -0.15) is 0 Å². The molecule has 0 atom stereocenters. The monoisotopic (exact) mass is 479 g/mol. The molecule has 4 nitrogen and oxygen atoms in total. The largest absolute Gasteiger partial charge is 0.308 e. The Balaban J connectivity index is 2.03. The SMILES string of the molecule is Cc1cc2nc(N(CCN(C)C)C(=O)c3ccccc3I)sc2cc1C. The number of likely N-dealkylation sites (N-methyl/N-ethyl adjacent to an activating group) is 1. The minimum Gasteiger partial charge on any atom is -0.308 e. The van der Waals surface area contributed by atoms with Gasteiger partial charge in [0.1, 0.15) is 0 Å². The lowest BCUT2D eigenvalue weighted by Gasteiger charge is -2.22. The molecule has 0 unspecified atom stereocenters. The molecule has 3 aromatic rings. The number of nitrogens with zero attached hydrogens (tertiary/aromatic N) is 3. The first-order valence-electron chi connectivity index (χ1n) is 8.45. The highest BCUT2D eigenvalue weighted by Crippen LogP contribution is 2.32. The van der Waals surface area contributed by atoms with Crippen molar-refractivity contribution in [3.8, 4) is 0 Å². The maximum absolute atomic E-state index is 13.3. The van der Waals surface area contributed by atoms with Crippen molar-refractivity contribution in [1.82, 2.24) is 9.88 Å². The highest BCUT2D eigenvalue weighted by molar-refractivity contribution is 14.1. The van der Waals surface area contributed by atoms with Gasteiger partial charge in [-0.3, -0.25) is 9.69 Å². The third-order valence-electron chi connectivity index (χ3n) is 4.34. The number of carbonyl (C=O) groups is 1. The molecule has 0 fully saturated rings.